The SMILES string of the molecule is CC([O][Sn]([CH](F)C(F)(F)C(F)(F)C(F)F)([CH](F)C(F)(F)C(F)(F)C(F)F)[CH](F)C(F)(F)C(F)(F)C(F)F)c1ccccc1. The second kappa shape index (κ2) is 12.7. The summed E-state index contributed by atoms with van der Waals surface area (Å²) in [4.78, 5) is 0. The van der Waals surface area contributed by atoms with E-state index in [1.807, 2.05) is 0 Å². The molecule has 4 atom stereocenters. The molecule has 23 heteroatoms. The van der Waals surface area contributed by atoms with Crippen molar-refractivity contribution in [2.75, 3.05) is 0 Å². The van der Waals surface area contributed by atoms with Gasteiger partial charge >= 0.3 is 230 Å². The molecule has 0 aliphatic rings. The van der Waals surface area contributed by atoms with Crippen molar-refractivity contribution in [2.24, 2.45) is 0 Å². The Balaban J connectivity index is 4.41. The van der Waals surface area contributed by atoms with E-state index in [9.17, 15) is 79.0 Å². The number of hydrogen-bond acceptors (Lipinski definition) is 1. The van der Waals surface area contributed by atoms with Crippen LogP contribution in [0.15, 0.2) is 30.3 Å². The van der Waals surface area contributed by atoms with Crippen molar-refractivity contribution in [2.45, 2.75) is 80.4 Å². The average Bonchev–Trinajstić information content (AvgIpc) is 2.90. The van der Waals surface area contributed by atoms with Crippen molar-refractivity contribution in [1.29, 1.82) is 0 Å². The molecule has 0 aliphatic heterocycles. The number of rotatable bonds is 15. The van der Waals surface area contributed by atoms with Gasteiger partial charge in [0.2, 0.25) is 0 Å². The molecule has 0 fully saturated rings. The van der Waals surface area contributed by atoms with Crippen molar-refractivity contribution in [3.05, 3.63) is 35.9 Å². The molecular weight excluding hydrogens is 774 g/mol. The van der Waals surface area contributed by atoms with Gasteiger partial charge in [0.1, 0.15) is 0 Å². The van der Waals surface area contributed by atoms with Crippen molar-refractivity contribution < 1.29 is 95.3 Å². The minimum atomic E-state index is -10.6. The van der Waals surface area contributed by atoms with Crippen molar-refractivity contribution in [1.82, 2.24) is 0 Å². The van der Waals surface area contributed by atoms with Crippen LogP contribution in [-0.4, -0.2) is 86.2 Å². The second-order valence-corrected chi connectivity index (χ2v) is 18.6. The topological polar surface area (TPSA) is 9.23 Å². The van der Waals surface area contributed by atoms with E-state index in [2.05, 4.69) is 3.07 Å². The van der Waals surface area contributed by atoms with Crippen LogP contribution in [0, 0.1) is 0 Å². The molecule has 0 spiro atoms. The summed E-state index contributed by atoms with van der Waals surface area (Å²) in [5, 5.41) is 0. The number of hydrogen-bond donors (Lipinski definition) is 0. The van der Waals surface area contributed by atoms with E-state index in [1.54, 1.807) is 0 Å². The van der Waals surface area contributed by atoms with Gasteiger partial charge in [-0.1, -0.05) is 0 Å². The molecule has 1 aromatic rings. The normalized spacial score (nSPS) is 19.0. The van der Waals surface area contributed by atoms with Gasteiger partial charge in [0.05, 0.1) is 0 Å². The molecule has 0 radical (unpaired) electrons. The van der Waals surface area contributed by atoms with Gasteiger partial charge in [0.25, 0.3) is 0 Å². The van der Waals surface area contributed by atoms with Crippen LogP contribution in [0.3, 0.4) is 0 Å². The van der Waals surface area contributed by atoms with E-state index in [0.29, 0.717) is 12.1 Å². The fraction of sp³-hybridized carbons (Fsp3) is 0.700. The summed E-state index contributed by atoms with van der Waals surface area (Å²) >= 11 is -10.6. The van der Waals surface area contributed by atoms with E-state index in [4.69, 9.17) is 0 Å². The van der Waals surface area contributed by atoms with E-state index in [1.165, 1.54) is 0 Å². The third-order valence-corrected chi connectivity index (χ3v) is 18.0. The first kappa shape index (κ1) is 39.5. The van der Waals surface area contributed by atoms with E-state index < -0.39 is 97.8 Å². The maximum absolute atomic E-state index is 15.4. The molecule has 1 rings (SSSR count). The van der Waals surface area contributed by atoms with Crippen molar-refractivity contribution >= 4 is 18.8 Å². The maximum atomic E-state index is 15.4. The molecule has 0 bridgehead atoms. The van der Waals surface area contributed by atoms with Crippen molar-refractivity contribution in [3.8, 4) is 0 Å². The van der Waals surface area contributed by atoms with E-state index in [-0.39, 0.29) is 6.92 Å². The summed E-state index contributed by atoms with van der Waals surface area (Å²) in [5.74, 6) is -45.2. The summed E-state index contributed by atoms with van der Waals surface area (Å²) in [6.45, 7) is 0.114. The molecule has 1 nitrogen and oxygen atoms in total. The number of alkyl halides is 21. The molecule has 0 amide bonds. The Labute approximate surface area is 230 Å². The van der Waals surface area contributed by atoms with Crippen LogP contribution >= 0.6 is 0 Å². The Kier molecular flexibility index (Phi) is 11.7. The molecule has 0 N–H and O–H groups in total. The standard InChI is InChI=1S/C8H9O.3C4H2F7.Sn/c1-7(9)8-5-3-2-4-6-8;3*5-1-3(8,9)4(10,11)2(6)7;/h2-7H,1H3;3*1-2H;/q-1;;;;+1. The average molecular weight is 789 g/mol. The summed E-state index contributed by atoms with van der Waals surface area (Å²) in [7, 11) is 0. The zero-order chi connectivity index (χ0) is 34.4. The first-order valence-corrected chi connectivity index (χ1v) is 16.9. The fourth-order valence-electron chi connectivity index (χ4n) is 3.46. The fourth-order valence-corrected chi connectivity index (χ4v) is 15.3. The Morgan fingerprint density at radius 3 is 0.953 bits per heavy atom. The summed E-state index contributed by atoms with van der Waals surface area (Å²) in [6.07, 6.45) is -20.7. The van der Waals surface area contributed by atoms with Gasteiger partial charge in [-0.15, -0.1) is 0 Å². The molecule has 4 unspecified atom stereocenters. The first-order valence-electron chi connectivity index (χ1n) is 10.8. The predicted octanol–water partition coefficient (Wildman–Crippen LogP) is 8.95. The van der Waals surface area contributed by atoms with Crippen LogP contribution in [-0.2, 0) is 3.07 Å². The van der Waals surface area contributed by atoms with Crippen LogP contribution in [0.5, 0.6) is 0 Å². The van der Waals surface area contributed by atoms with Crippen LogP contribution < -0.4 is 0 Å². The van der Waals surface area contributed by atoms with Gasteiger partial charge in [-0.3, -0.25) is 0 Å². The van der Waals surface area contributed by atoms with Crippen LogP contribution in [0.1, 0.15) is 18.6 Å². The van der Waals surface area contributed by atoms with Gasteiger partial charge in [-0.05, 0) is 0 Å². The van der Waals surface area contributed by atoms with Crippen molar-refractivity contribution in [3.63, 3.8) is 0 Å². The summed E-state index contributed by atoms with van der Waals surface area (Å²) in [5.41, 5.74) is -0.924. The van der Waals surface area contributed by atoms with Gasteiger partial charge in [0, 0.05) is 0 Å². The second-order valence-electron chi connectivity index (χ2n) is 8.75. The monoisotopic (exact) mass is 790 g/mol. The quantitative estimate of drug-likeness (QED) is 0.128. The Bertz CT molecular complexity index is 955. The Morgan fingerprint density at radius 1 is 0.465 bits per heavy atom. The molecule has 0 heterocycles. The predicted molar refractivity (Wildman–Crippen MR) is 104 cm³/mol. The molecular formula is C20H15F21OSn. The zero-order valence-corrected chi connectivity index (χ0v) is 23.1. The molecule has 1 aromatic carbocycles. The summed E-state index contributed by atoms with van der Waals surface area (Å²) in [6, 6.07) is 3.72. The van der Waals surface area contributed by atoms with Gasteiger partial charge in [-0.25, -0.2) is 0 Å². The number of halogens is 21. The van der Waals surface area contributed by atoms with Gasteiger partial charge < -0.3 is 0 Å². The Hall–Kier alpha value is -1.49. The molecule has 0 aliphatic carbocycles. The van der Waals surface area contributed by atoms with Crippen LogP contribution in [0.25, 0.3) is 0 Å². The first-order chi connectivity index (χ1) is 19.0. The third-order valence-electron chi connectivity index (χ3n) is 5.95. The third kappa shape index (κ3) is 6.45. The van der Waals surface area contributed by atoms with Gasteiger partial charge in [-0.2, -0.15) is 0 Å². The Morgan fingerprint density at radius 2 is 0.721 bits per heavy atom. The van der Waals surface area contributed by atoms with Gasteiger partial charge in [0.15, 0.2) is 0 Å². The van der Waals surface area contributed by atoms with E-state index >= 15 is 13.2 Å². The molecule has 43 heavy (non-hydrogen) atoms. The van der Waals surface area contributed by atoms with Crippen LogP contribution in [0.2, 0.25) is 0 Å². The number of benzene rings is 1. The molecule has 0 aromatic heterocycles. The zero-order valence-electron chi connectivity index (χ0n) is 20.3. The summed E-state index contributed by atoms with van der Waals surface area (Å²) < 4.78 is 276. The molecule has 252 valence electrons. The molecule has 0 saturated heterocycles. The minimum absolute atomic E-state index is 0.114. The van der Waals surface area contributed by atoms with E-state index in [0.717, 1.165) is 18.2 Å². The van der Waals surface area contributed by atoms with Crippen LogP contribution in [0.4, 0.5) is 92.2 Å². The molecule has 0 saturated carbocycles.